The van der Waals surface area contributed by atoms with Crippen molar-refractivity contribution in [2.75, 3.05) is 6.54 Å². The third-order valence-electron chi connectivity index (χ3n) is 3.27. The number of hydrogen-bond acceptors (Lipinski definition) is 3. The molecule has 0 fully saturated rings. The van der Waals surface area contributed by atoms with Crippen LogP contribution in [0.2, 0.25) is 0 Å². The summed E-state index contributed by atoms with van der Waals surface area (Å²) in [5, 5.41) is 21.0. The molecule has 0 bridgehead atoms. The first-order valence-corrected chi connectivity index (χ1v) is 6.68. The molecule has 0 aromatic heterocycles. The molecule has 18 heavy (non-hydrogen) atoms. The van der Waals surface area contributed by atoms with Gasteiger partial charge in [-0.15, -0.1) is 0 Å². The molecule has 3 N–H and O–H groups in total. The molecule has 5 heteroatoms. The van der Waals surface area contributed by atoms with E-state index in [2.05, 4.69) is 12.2 Å². The van der Waals surface area contributed by atoms with Gasteiger partial charge in [0.05, 0.1) is 0 Å². The molecule has 0 aliphatic carbocycles. The predicted molar refractivity (Wildman–Crippen MR) is 69.7 cm³/mol. The zero-order valence-electron chi connectivity index (χ0n) is 11.4. The van der Waals surface area contributed by atoms with E-state index in [-0.39, 0.29) is 12.8 Å². The molecule has 0 aromatic carbocycles. The minimum atomic E-state index is -1.09. The van der Waals surface area contributed by atoms with Crippen molar-refractivity contribution in [2.24, 2.45) is 0 Å². The summed E-state index contributed by atoms with van der Waals surface area (Å²) in [4.78, 5) is 21.9. The summed E-state index contributed by atoms with van der Waals surface area (Å²) in [5.41, 5.74) is -1.09. The molecule has 0 amide bonds. The van der Waals surface area contributed by atoms with Gasteiger partial charge in [0.15, 0.2) is 0 Å². The quantitative estimate of drug-likeness (QED) is 0.495. The zero-order valence-corrected chi connectivity index (χ0v) is 11.4. The number of rotatable bonds is 11. The lowest BCUT2D eigenvalue weighted by molar-refractivity contribution is -0.146. The van der Waals surface area contributed by atoms with Crippen LogP contribution in [0.3, 0.4) is 0 Å². The van der Waals surface area contributed by atoms with Crippen LogP contribution >= 0.6 is 0 Å². The van der Waals surface area contributed by atoms with E-state index < -0.39 is 17.5 Å². The number of carboxylic acids is 2. The van der Waals surface area contributed by atoms with Crippen LogP contribution in [-0.2, 0) is 9.59 Å². The molecular weight excluding hydrogens is 234 g/mol. The maximum Gasteiger partial charge on any atom is 0.323 e. The Labute approximate surface area is 109 Å². The molecule has 0 radical (unpaired) electrons. The first kappa shape index (κ1) is 16.9. The first-order chi connectivity index (χ1) is 8.48. The Balaban J connectivity index is 4.28. The first-order valence-electron chi connectivity index (χ1n) is 6.68. The van der Waals surface area contributed by atoms with E-state index in [0.717, 1.165) is 25.7 Å². The second kappa shape index (κ2) is 8.91. The fourth-order valence-electron chi connectivity index (χ4n) is 1.92. The van der Waals surface area contributed by atoms with Gasteiger partial charge >= 0.3 is 11.9 Å². The highest BCUT2D eigenvalue weighted by molar-refractivity contribution is 5.79. The van der Waals surface area contributed by atoms with Gasteiger partial charge in [0, 0.05) is 6.42 Å². The van der Waals surface area contributed by atoms with E-state index in [4.69, 9.17) is 5.11 Å². The van der Waals surface area contributed by atoms with Crippen molar-refractivity contribution in [2.45, 2.75) is 64.3 Å². The van der Waals surface area contributed by atoms with Crippen LogP contribution in [0.1, 0.15) is 58.8 Å². The largest absolute Gasteiger partial charge is 0.481 e. The predicted octanol–water partition coefficient (Wildman–Crippen LogP) is 2.25. The fraction of sp³-hybridized carbons (Fsp3) is 0.846. The maximum absolute atomic E-state index is 11.3. The number of carboxylic acid groups (broad SMARTS) is 2. The molecule has 0 aliphatic heterocycles. The van der Waals surface area contributed by atoms with Gasteiger partial charge < -0.3 is 15.5 Å². The molecule has 0 saturated heterocycles. The number of unbranched alkanes of at least 4 members (excludes halogenated alkanes) is 3. The van der Waals surface area contributed by atoms with E-state index in [9.17, 15) is 14.7 Å². The Morgan fingerprint density at radius 1 is 1.11 bits per heavy atom. The zero-order chi connectivity index (χ0) is 14.0. The Hall–Kier alpha value is -1.10. The molecule has 106 valence electrons. The lowest BCUT2D eigenvalue weighted by Gasteiger charge is -2.29. The average molecular weight is 259 g/mol. The molecule has 0 aromatic rings. The molecule has 1 unspecified atom stereocenters. The van der Waals surface area contributed by atoms with Crippen LogP contribution in [0.15, 0.2) is 0 Å². The molecule has 0 rings (SSSR count). The molecule has 0 aliphatic rings. The third kappa shape index (κ3) is 6.00. The van der Waals surface area contributed by atoms with Crippen LogP contribution < -0.4 is 5.32 Å². The summed E-state index contributed by atoms with van der Waals surface area (Å²) in [7, 11) is 0. The second-order valence-electron chi connectivity index (χ2n) is 4.62. The summed E-state index contributed by atoms with van der Waals surface area (Å²) >= 11 is 0. The minimum Gasteiger partial charge on any atom is -0.481 e. The molecule has 0 heterocycles. The second-order valence-corrected chi connectivity index (χ2v) is 4.62. The summed E-state index contributed by atoms with van der Waals surface area (Å²) < 4.78 is 0. The van der Waals surface area contributed by atoms with E-state index in [1.807, 2.05) is 0 Å². The van der Waals surface area contributed by atoms with Gasteiger partial charge in [-0.05, 0) is 25.8 Å². The van der Waals surface area contributed by atoms with Gasteiger partial charge in [-0.25, -0.2) is 0 Å². The topological polar surface area (TPSA) is 86.6 Å². The van der Waals surface area contributed by atoms with Crippen LogP contribution in [0.5, 0.6) is 0 Å². The van der Waals surface area contributed by atoms with Gasteiger partial charge in [-0.1, -0.05) is 33.1 Å². The molecule has 0 saturated carbocycles. The standard InChI is InChI=1S/C13H25NO4/c1-3-5-6-7-10-14-13(4-2,12(17)18)9-8-11(15)16/h14H,3-10H2,1-2H3,(H,15,16)(H,17,18). The normalized spacial score (nSPS) is 14.1. The van der Waals surface area contributed by atoms with Crippen molar-refractivity contribution in [1.82, 2.24) is 5.32 Å². The van der Waals surface area contributed by atoms with Crippen molar-refractivity contribution in [3.63, 3.8) is 0 Å². The van der Waals surface area contributed by atoms with Crippen molar-refractivity contribution >= 4 is 11.9 Å². The number of aliphatic carboxylic acids is 2. The lowest BCUT2D eigenvalue weighted by atomic mass is 9.90. The van der Waals surface area contributed by atoms with Crippen molar-refractivity contribution in [1.29, 1.82) is 0 Å². The van der Waals surface area contributed by atoms with E-state index in [1.54, 1.807) is 6.92 Å². The summed E-state index contributed by atoms with van der Waals surface area (Å²) in [5.74, 6) is -1.91. The monoisotopic (exact) mass is 259 g/mol. The van der Waals surface area contributed by atoms with Crippen LogP contribution in [-0.4, -0.2) is 34.2 Å². The van der Waals surface area contributed by atoms with E-state index in [0.29, 0.717) is 13.0 Å². The fourth-order valence-corrected chi connectivity index (χ4v) is 1.92. The molecular formula is C13H25NO4. The summed E-state index contributed by atoms with van der Waals surface area (Å²) in [6.07, 6.45) is 4.67. The van der Waals surface area contributed by atoms with Gasteiger partial charge in [-0.2, -0.15) is 0 Å². The Kier molecular flexibility index (Phi) is 8.37. The highest BCUT2D eigenvalue weighted by Gasteiger charge is 2.36. The number of nitrogens with one attached hydrogen (secondary N) is 1. The van der Waals surface area contributed by atoms with Crippen molar-refractivity contribution in [3.05, 3.63) is 0 Å². The lowest BCUT2D eigenvalue weighted by Crippen LogP contribution is -2.52. The smallest absolute Gasteiger partial charge is 0.323 e. The maximum atomic E-state index is 11.3. The Bertz CT molecular complexity index is 268. The Morgan fingerprint density at radius 2 is 1.78 bits per heavy atom. The number of hydrogen-bond donors (Lipinski definition) is 3. The molecule has 0 spiro atoms. The third-order valence-corrected chi connectivity index (χ3v) is 3.27. The van der Waals surface area contributed by atoms with Gasteiger partial charge in [0.25, 0.3) is 0 Å². The van der Waals surface area contributed by atoms with E-state index in [1.165, 1.54) is 0 Å². The van der Waals surface area contributed by atoms with Gasteiger partial charge in [-0.3, -0.25) is 9.59 Å². The minimum absolute atomic E-state index is 0.123. The number of carbonyl (C=O) groups is 2. The van der Waals surface area contributed by atoms with Crippen LogP contribution in [0, 0.1) is 0 Å². The van der Waals surface area contributed by atoms with Crippen LogP contribution in [0.4, 0.5) is 0 Å². The highest BCUT2D eigenvalue weighted by atomic mass is 16.4. The molecule has 1 atom stereocenters. The van der Waals surface area contributed by atoms with Crippen LogP contribution in [0.25, 0.3) is 0 Å². The van der Waals surface area contributed by atoms with Crippen molar-refractivity contribution in [3.8, 4) is 0 Å². The summed E-state index contributed by atoms with van der Waals surface area (Å²) in [6.45, 7) is 4.52. The average Bonchev–Trinajstić information content (AvgIpc) is 2.32. The highest BCUT2D eigenvalue weighted by Crippen LogP contribution is 2.18. The van der Waals surface area contributed by atoms with Gasteiger partial charge in [0.2, 0.25) is 0 Å². The SMILES string of the molecule is CCCCCCNC(CC)(CCC(=O)O)C(=O)O. The Morgan fingerprint density at radius 3 is 2.22 bits per heavy atom. The van der Waals surface area contributed by atoms with E-state index >= 15 is 0 Å². The summed E-state index contributed by atoms with van der Waals surface area (Å²) in [6, 6.07) is 0. The van der Waals surface area contributed by atoms with Gasteiger partial charge in [0.1, 0.15) is 5.54 Å². The van der Waals surface area contributed by atoms with Crippen molar-refractivity contribution < 1.29 is 19.8 Å². The molecule has 5 nitrogen and oxygen atoms in total.